The number of fused-ring (bicyclic) bond motifs is 1. The van der Waals surface area contributed by atoms with Gasteiger partial charge in [0.1, 0.15) is 6.07 Å². The highest BCUT2D eigenvalue weighted by Gasteiger charge is 2.30. The van der Waals surface area contributed by atoms with Gasteiger partial charge in [-0.05, 0) is 37.3 Å². The van der Waals surface area contributed by atoms with Crippen LogP contribution >= 0.6 is 11.6 Å². The van der Waals surface area contributed by atoms with Gasteiger partial charge in [0.05, 0.1) is 28.5 Å². The molecule has 7 heteroatoms. The van der Waals surface area contributed by atoms with Gasteiger partial charge in [0, 0.05) is 25.2 Å². The number of hydrogen-bond donors (Lipinski definition) is 1. The zero-order chi connectivity index (χ0) is 19.6. The summed E-state index contributed by atoms with van der Waals surface area (Å²) < 4.78 is 0. The molecule has 0 aliphatic carbocycles. The van der Waals surface area contributed by atoms with Crippen molar-refractivity contribution in [1.29, 1.82) is 5.26 Å². The molecule has 0 spiro atoms. The van der Waals surface area contributed by atoms with E-state index in [4.69, 9.17) is 16.9 Å². The molecule has 0 bridgehead atoms. The first-order chi connectivity index (χ1) is 12.9. The fourth-order valence-corrected chi connectivity index (χ4v) is 3.39. The first kappa shape index (κ1) is 18.7. The van der Waals surface area contributed by atoms with E-state index >= 15 is 0 Å². The van der Waals surface area contributed by atoms with Crippen molar-refractivity contribution < 1.29 is 9.59 Å². The van der Waals surface area contributed by atoms with E-state index in [-0.39, 0.29) is 30.8 Å². The molecule has 2 amide bonds. The first-order valence-electron chi connectivity index (χ1n) is 8.52. The Kier molecular flexibility index (Phi) is 5.33. The molecular weight excluding hydrogens is 364 g/mol. The van der Waals surface area contributed by atoms with Crippen LogP contribution in [-0.2, 0) is 9.59 Å². The summed E-state index contributed by atoms with van der Waals surface area (Å²) in [6, 6.07) is 14.1. The third-order valence-corrected chi connectivity index (χ3v) is 4.83. The van der Waals surface area contributed by atoms with Crippen molar-refractivity contribution in [2.24, 2.45) is 0 Å². The molecule has 27 heavy (non-hydrogen) atoms. The quantitative estimate of drug-likeness (QED) is 0.882. The Bertz CT molecular complexity index is 938. The van der Waals surface area contributed by atoms with Crippen molar-refractivity contribution in [1.82, 2.24) is 0 Å². The maximum Gasteiger partial charge on any atom is 0.246 e. The van der Waals surface area contributed by atoms with Crippen molar-refractivity contribution >= 4 is 40.5 Å². The Balaban J connectivity index is 1.85. The zero-order valence-corrected chi connectivity index (χ0v) is 15.8. The molecular formula is C20H19ClN4O2. The Morgan fingerprint density at radius 1 is 1.37 bits per heavy atom. The number of benzene rings is 2. The lowest BCUT2D eigenvalue weighted by Gasteiger charge is -2.30. The number of nitriles is 1. The average Bonchev–Trinajstić information content (AvgIpc) is 2.75. The molecule has 1 N–H and O–H groups in total. The number of anilines is 3. The van der Waals surface area contributed by atoms with Gasteiger partial charge < -0.3 is 15.1 Å². The molecule has 1 heterocycles. The van der Waals surface area contributed by atoms with Crippen molar-refractivity contribution in [3.63, 3.8) is 0 Å². The van der Waals surface area contributed by atoms with Gasteiger partial charge in [0.25, 0.3) is 0 Å². The number of rotatable bonds is 3. The van der Waals surface area contributed by atoms with Crippen LogP contribution in [0.3, 0.4) is 0 Å². The SMILES string of the molecule is CC1CC(=O)Nc2ccccc2N1C(=O)CN(C)c1ccc(C#N)c(Cl)c1. The number of carbonyl (C=O) groups excluding carboxylic acids is 2. The molecule has 3 rings (SSSR count). The number of nitrogens with zero attached hydrogens (tertiary/aromatic N) is 3. The van der Waals surface area contributed by atoms with Crippen LogP contribution in [0.25, 0.3) is 0 Å². The molecule has 0 radical (unpaired) electrons. The average molecular weight is 383 g/mol. The molecule has 0 saturated carbocycles. The fraction of sp³-hybridized carbons (Fsp3) is 0.250. The van der Waals surface area contributed by atoms with Crippen LogP contribution < -0.4 is 15.1 Å². The normalized spacial score (nSPS) is 16.0. The monoisotopic (exact) mass is 382 g/mol. The van der Waals surface area contributed by atoms with E-state index in [9.17, 15) is 9.59 Å². The molecule has 2 aromatic rings. The van der Waals surface area contributed by atoms with E-state index in [0.29, 0.717) is 22.0 Å². The van der Waals surface area contributed by atoms with Crippen molar-refractivity contribution in [2.75, 3.05) is 28.7 Å². The van der Waals surface area contributed by atoms with Crippen LogP contribution in [0.4, 0.5) is 17.1 Å². The summed E-state index contributed by atoms with van der Waals surface area (Å²) in [6.07, 6.45) is 0.229. The second-order valence-electron chi connectivity index (χ2n) is 6.51. The van der Waals surface area contributed by atoms with Gasteiger partial charge in [-0.2, -0.15) is 5.26 Å². The molecule has 6 nitrogen and oxygen atoms in total. The second-order valence-corrected chi connectivity index (χ2v) is 6.92. The number of likely N-dealkylation sites (N-methyl/N-ethyl adjacent to an activating group) is 1. The summed E-state index contributed by atoms with van der Waals surface area (Å²) in [5.41, 5.74) is 2.44. The number of para-hydroxylation sites is 2. The van der Waals surface area contributed by atoms with E-state index < -0.39 is 0 Å². The molecule has 2 aromatic carbocycles. The highest BCUT2D eigenvalue weighted by Crippen LogP contribution is 2.31. The summed E-state index contributed by atoms with van der Waals surface area (Å²) in [5.74, 6) is -0.244. The van der Waals surface area contributed by atoms with Crippen LogP contribution in [0.2, 0.25) is 5.02 Å². The van der Waals surface area contributed by atoms with Crippen LogP contribution in [0.15, 0.2) is 42.5 Å². The third-order valence-electron chi connectivity index (χ3n) is 4.51. The summed E-state index contributed by atoms with van der Waals surface area (Å²) in [6.45, 7) is 1.97. The van der Waals surface area contributed by atoms with Gasteiger partial charge >= 0.3 is 0 Å². The van der Waals surface area contributed by atoms with Gasteiger partial charge in [-0.1, -0.05) is 23.7 Å². The Morgan fingerprint density at radius 2 is 2.11 bits per heavy atom. The van der Waals surface area contributed by atoms with E-state index in [1.807, 2.05) is 31.2 Å². The number of carbonyl (C=O) groups is 2. The van der Waals surface area contributed by atoms with Crippen molar-refractivity contribution in [3.8, 4) is 6.07 Å². The number of nitrogens with one attached hydrogen (secondary N) is 1. The standard InChI is InChI=1S/C20H19ClN4O2/c1-13-9-19(26)23-17-5-3-4-6-18(17)25(13)20(27)12-24(2)15-8-7-14(11-22)16(21)10-15/h3-8,10,13H,9,12H2,1-2H3,(H,23,26). The van der Waals surface area contributed by atoms with Crippen LogP contribution in [-0.4, -0.2) is 31.4 Å². The molecule has 1 unspecified atom stereocenters. The van der Waals surface area contributed by atoms with Crippen LogP contribution in [0, 0.1) is 11.3 Å². The second kappa shape index (κ2) is 7.68. The minimum atomic E-state index is -0.265. The molecule has 138 valence electrons. The van der Waals surface area contributed by atoms with Gasteiger partial charge in [0.2, 0.25) is 11.8 Å². The van der Waals surface area contributed by atoms with E-state index in [0.717, 1.165) is 5.69 Å². The lowest BCUT2D eigenvalue weighted by Crippen LogP contribution is -2.44. The molecule has 0 aromatic heterocycles. The lowest BCUT2D eigenvalue weighted by molar-refractivity contribution is -0.118. The largest absolute Gasteiger partial charge is 0.365 e. The van der Waals surface area contributed by atoms with Crippen LogP contribution in [0.1, 0.15) is 18.9 Å². The highest BCUT2D eigenvalue weighted by atomic mass is 35.5. The Morgan fingerprint density at radius 3 is 2.81 bits per heavy atom. The zero-order valence-electron chi connectivity index (χ0n) is 15.1. The van der Waals surface area contributed by atoms with E-state index in [1.165, 1.54) is 0 Å². The number of amides is 2. The molecule has 0 saturated heterocycles. The molecule has 1 atom stereocenters. The Labute approximate surface area is 162 Å². The van der Waals surface area contributed by atoms with Crippen LogP contribution in [0.5, 0.6) is 0 Å². The lowest BCUT2D eigenvalue weighted by atomic mass is 10.1. The third kappa shape index (κ3) is 3.88. The first-order valence-corrected chi connectivity index (χ1v) is 8.90. The minimum absolute atomic E-state index is 0.106. The predicted octanol–water partition coefficient (Wildman–Crippen LogP) is 3.41. The molecule has 0 fully saturated rings. The summed E-state index contributed by atoms with van der Waals surface area (Å²) in [5, 5.41) is 12.2. The molecule has 1 aliphatic rings. The van der Waals surface area contributed by atoms with E-state index in [1.54, 1.807) is 41.1 Å². The van der Waals surface area contributed by atoms with Crippen molar-refractivity contribution in [3.05, 3.63) is 53.1 Å². The summed E-state index contributed by atoms with van der Waals surface area (Å²) in [4.78, 5) is 28.6. The maximum atomic E-state index is 13.1. The highest BCUT2D eigenvalue weighted by molar-refractivity contribution is 6.32. The number of halogens is 1. The number of hydrogen-bond acceptors (Lipinski definition) is 4. The predicted molar refractivity (Wildman–Crippen MR) is 106 cm³/mol. The summed E-state index contributed by atoms with van der Waals surface area (Å²) >= 11 is 6.10. The van der Waals surface area contributed by atoms with Gasteiger partial charge in [-0.15, -0.1) is 0 Å². The van der Waals surface area contributed by atoms with E-state index in [2.05, 4.69) is 5.32 Å². The molecule has 1 aliphatic heterocycles. The fourth-order valence-electron chi connectivity index (χ4n) is 3.17. The summed E-state index contributed by atoms with van der Waals surface area (Å²) in [7, 11) is 1.79. The topological polar surface area (TPSA) is 76.4 Å². The van der Waals surface area contributed by atoms with Gasteiger partial charge in [0.15, 0.2) is 0 Å². The maximum absolute atomic E-state index is 13.1. The minimum Gasteiger partial charge on any atom is -0.365 e. The van der Waals surface area contributed by atoms with Gasteiger partial charge in [-0.3, -0.25) is 9.59 Å². The smallest absolute Gasteiger partial charge is 0.246 e. The van der Waals surface area contributed by atoms with Gasteiger partial charge in [-0.25, -0.2) is 0 Å². The Hall–Kier alpha value is -3.04. The van der Waals surface area contributed by atoms with Crippen molar-refractivity contribution in [2.45, 2.75) is 19.4 Å².